The molecule has 0 radical (unpaired) electrons. The molecule has 2 heterocycles. The van der Waals surface area contributed by atoms with Gasteiger partial charge < -0.3 is 9.30 Å². The third-order valence-electron chi connectivity index (χ3n) is 5.08. The Bertz CT molecular complexity index is 1210. The number of hydrogen-bond acceptors (Lipinski definition) is 6. The molecule has 0 bridgehead atoms. The monoisotopic (exact) mass is 415 g/mol. The van der Waals surface area contributed by atoms with Crippen molar-refractivity contribution in [2.24, 2.45) is 0 Å². The van der Waals surface area contributed by atoms with Gasteiger partial charge in [0.1, 0.15) is 6.33 Å². The van der Waals surface area contributed by atoms with E-state index in [4.69, 9.17) is 4.74 Å². The van der Waals surface area contributed by atoms with Crippen LogP contribution in [0, 0.1) is 13.8 Å². The lowest BCUT2D eigenvalue weighted by molar-refractivity contribution is 0.0318. The van der Waals surface area contributed by atoms with Crippen LogP contribution in [0.5, 0.6) is 0 Å². The highest BCUT2D eigenvalue weighted by Gasteiger charge is 2.24. The molecule has 8 nitrogen and oxygen atoms in total. The maximum atomic E-state index is 13.0. The van der Waals surface area contributed by atoms with Crippen LogP contribution in [0.2, 0.25) is 0 Å². The average Bonchev–Trinajstić information content (AvgIpc) is 3.42. The summed E-state index contributed by atoms with van der Waals surface area (Å²) in [6, 6.07) is 18.3. The van der Waals surface area contributed by atoms with Crippen LogP contribution in [0.1, 0.15) is 39.0 Å². The Morgan fingerprint density at radius 3 is 2.32 bits per heavy atom. The topological polar surface area (TPSA) is 91.9 Å². The largest absolute Gasteiger partial charge is 0.451 e. The molecule has 2 aromatic heterocycles. The molecule has 0 aliphatic heterocycles. The van der Waals surface area contributed by atoms with E-state index in [0.717, 1.165) is 17.1 Å². The molecular weight excluding hydrogens is 394 g/mol. The summed E-state index contributed by atoms with van der Waals surface area (Å²) < 4.78 is 8.94. The number of ether oxygens (including phenoxy) is 1. The molecule has 0 amide bonds. The minimum Gasteiger partial charge on any atom is -0.451 e. The summed E-state index contributed by atoms with van der Waals surface area (Å²) in [4.78, 5) is 25.6. The van der Waals surface area contributed by atoms with Gasteiger partial charge in [-0.05, 0) is 73.7 Å². The van der Waals surface area contributed by atoms with E-state index in [2.05, 4.69) is 15.5 Å². The zero-order chi connectivity index (χ0) is 22.0. The Balaban J connectivity index is 1.49. The second-order valence-corrected chi connectivity index (χ2v) is 7.17. The molecule has 156 valence electrons. The van der Waals surface area contributed by atoms with Gasteiger partial charge in [0, 0.05) is 22.6 Å². The third-order valence-corrected chi connectivity index (χ3v) is 5.08. The van der Waals surface area contributed by atoms with Crippen molar-refractivity contribution in [3.63, 3.8) is 0 Å². The second-order valence-electron chi connectivity index (χ2n) is 7.17. The Labute approximate surface area is 179 Å². The van der Waals surface area contributed by atoms with Crippen molar-refractivity contribution < 1.29 is 14.3 Å². The number of para-hydroxylation sites is 1. The van der Waals surface area contributed by atoms with Crippen LogP contribution in [-0.4, -0.2) is 42.6 Å². The van der Waals surface area contributed by atoms with Gasteiger partial charge in [0.15, 0.2) is 6.10 Å². The highest BCUT2D eigenvalue weighted by atomic mass is 16.5. The zero-order valence-electron chi connectivity index (χ0n) is 17.4. The quantitative estimate of drug-likeness (QED) is 0.354. The minimum absolute atomic E-state index is 0.242. The molecule has 31 heavy (non-hydrogen) atoms. The Morgan fingerprint density at radius 2 is 1.68 bits per heavy atom. The molecular formula is C23H21N5O3. The van der Waals surface area contributed by atoms with Gasteiger partial charge in [-0.3, -0.25) is 4.79 Å². The van der Waals surface area contributed by atoms with Crippen LogP contribution < -0.4 is 0 Å². The summed E-state index contributed by atoms with van der Waals surface area (Å²) in [5, 5.41) is 11.0. The molecule has 0 saturated heterocycles. The number of rotatable bonds is 6. The number of hydrogen-bond donors (Lipinski definition) is 0. The first kappa shape index (κ1) is 20.2. The van der Waals surface area contributed by atoms with Crippen molar-refractivity contribution in [1.82, 2.24) is 24.8 Å². The lowest BCUT2D eigenvalue weighted by Crippen LogP contribution is -2.25. The van der Waals surface area contributed by atoms with Gasteiger partial charge in [-0.15, -0.1) is 5.10 Å². The average molecular weight is 415 g/mol. The number of ketones is 1. The van der Waals surface area contributed by atoms with E-state index in [1.165, 1.54) is 11.0 Å². The van der Waals surface area contributed by atoms with Crippen LogP contribution in [-0.2, 0) is 4.74 Å². The van der Waals surface area contributed by atoms with Gasteiger partial charge in [-0.2, -0.15) is 0 Å². The fourth-order valence-corrected chi connectivity index (χ4v) is 3.52. The number of aryl methyl sites for hydroxylation is 1. The summed E-state index contributed by atoms with van der Waals surface area (Å²) in [6.45, 7) is 5.42. The Hall–Kier alpha value is -4.07. The maximum absolute atomic E-state index is 13.0. The number of aromatic nitrogens is 5. The van der Waals surface area contributed by atoms with Crippen molar-refractivity contribution in [1.29, 1.82) is 0 Å². The van der Waals surface area contributed by atoms with Crippen LogP contribution >= 0.6 is 0 Å². The molecule has 0 saturated carbocycles. The molecule has 0 spiro atoms. The Kier molecular flexibility index (Phi) is 5.44. The van der Waals surface area contributed by atoms with E-state index in [1.54, 1.807) is 31.2 Å². The van der Waals surface area contributed by atoms with Crippen molar-refractivity contribution in [3.8, 4) is 11.4 Å². The smallest absolute Gasteiger partial charge is 0.338 e. The molecule has 8 heteroatoms. The number of benzene rings is 2. The van der Waals surface area contributed by atoms with Gasteiger partial charge in [0.2, 0.25) is 5.78 Å². The summed E-state index contributed by atoms with van der Waals surface area (Å²) >= 11 is 0. The van der Waals surface area contributed by atoms with E-state index in [9.17, 15) is 9.59 Å². The summed E-state index contributed by atoms with van der Waals surface area (Å²) in [7, 11) is 0. The minimum atomic E-state index is -0.920. The lowest BCUT2D eigenvalue weighted by Gasteiger charge is -2.13. The van der Waals surface area contributed by atoms with E-state index < -0.39 is 12.1 Å². The first-order chi connectivity index (χ1) is 15.0. The van der Waals surface area contributed by atoms with Crippen molar-refractivity contribution in [2.75, 3.05) is 0 Å². The summed E-state index contributed by atoms with van der Waals surface area (Å²) in [5.74, 6) is -0.810. The molecule has 1 atom stereocenters. The summed E-state index contributed by atoms with van der Waals surface area (Å²) in [5.41, 5.74) is 4.30. The van der Waals surface area contributed by atoms with E-state index >= 15 is 0 Å². The van der Waals surface area contributed by atoms with Gasteiger partial charge in [-0.25, -0.2) is 9.48 Å². The highest BCUT2D eigenvalue weighted by molar-refractivity contribution is 6.02. The van der Waals surface area contributed by atoms with Gasteiger partial charge in [0.25, 0.3) is 0 Å². The summed E-state index contributed by atoms with van der Waals surface area (Å²) in [6.07, 6.45) is 0.538. The standard InChI is InChI=1S/C23H21N5O3/c1-15-13-21(16(2)28(15)20-7-5-4-6-8-20)22(29)17(3)31-23(30)18-9-11-19(12-10-18)27-14-24-25-26-27/h4-14,17H,1-3H3. The van der Waals surface area contributed by atoms with Crippen LogP contribution in [0.3, 0.4) is 0 Å². The lowest BCUT2D eigenvalue weighted by atomic mass is 10.1. The van der Waals surface area contributed by atoms with Crippen LogP contribution in [0.25, 0.3) is 11.4 Å². The predicted molar refractivity (Wildman–Crippen MR) is 114 cm³/mol. The fourth-order valence-electron chi connectivity index (χ4n) is 3.52. The normalized spacial score (nSPS) is 11.8. The van der Waals surface area contributed by atoms with E-state index in [1.807, 2.05) is 54.8 Å². The highest BCUT2D eigenvalue weighted by Crippen LogP contribution is 2.22. The third kappa shape index (κ3) is 4.00. The van der Waals surface area contributed by atoms with Crippen molar-refractivity contribution >= 4 is 11.8 Å². The first-order valence-electron chi connectivity index (χ1n) is 9.78. The molecule has 1 unspecified atom stereocenters. The molecule has 0 fully saturated rings. The van der Waals surface area contributed by atoms with E-state index in [-0.39, 0.29) is 5.78 Å². The van der Waals surface area contributed by atoms with Gasteiger partial charge in [0.05, 0.1) is 11.3 Å². The number of Topliss-reactive ketones (excluding diaryl/α,β-unsaturated/α-hetero) is 1. The van der Waals surface area contributed by atoms with Gasteiger partial charge in [-0.1, -0.05) is 18.2 Å². The first-order valence-corrected chi connectivity index (χ1v) is 9.78. The Morgan fingerprint density at radius 1 is 0.968 bits per heavy atom. The van der Waals surface area contributed by atoms with Gasteiger partial charge >= 0.3 is 5.97 Å². The van der Waals surface area contributed by atoms with Crippen molar-refractivity contribution in [2.45, 2.75) is 26.9 Å². The SMILES string of the molecule is Cc1cc(C(=O)C(C)OC(=O)c2ccc(-n3cnnn3)cc2)c(C)n1-c1ccccc1. The molecule has 2 aromatic carbocycles. The van der Waals surface area contributed by atoms with Crippen LogP contribution in [0.4, 0.5) is 0 Å². The number of nitrogens with zero attached hydrogens (tertiary/aromatic N) is 5. The van der Waals surface area contributed by atoms with Crippen LogP contribution in [0.15, 0.2) is 67.0 Å². The molecule has 0 aliphatic rings. The number of esters is 1. The molecule has 4 rings (SSSR count). The molecule has 0 aliphatic carbocycles. The van der Waals surface area contributed by atoms with Crippen molar-refractivity contribution in [3.05, 3.63) is 89.5 Å². The van der Waals surface area contributed by atoms with E-state index in [0.29, 0.717) is 16.8 Å². The number of carbonyl (C=O) groups is 2. The fraction of sp³-hybridized carbons (Fsp3) is 0.174. The zero-order valence-corrected chi connectivity index (χ0v) is 17.4. The molecule has 4 aromatic rings. The maximum Gasteiger partial charge on any atom is 0.338 e. The predicted octanol–water partition coefficient (Wildman–Crippen LogP) is 3.50. The number of carbonyl (C=O) groups excluding carboxylic acids is 2. The second kappa shape index (κ2) is 8.35. The number of tetrazole rings is 1. The molecule has 0 N–H and O–H groups in total.